The van der Waals surface area contributed by atoms with Crippen molar-refractivity contribution in [2.24, 2.45) is 0 Å². The van der Waals surface area contributed by atoms with Crippen LogP contribution in [0.15, 0.2) is 48.5 Å². The number of piperazine rings is 1. The van der Waals surface area contributed by atoms with Gasteiger partial charge >= 0.3 is 6.09 Å². The molecule has 2 heterocycles. The second-order valence-electron chi connectivity index (χ2n) is 8.18. The van der Waals surface area contributed by atoms with Gasteiger partial charge in [0.25, 0.3) is 5.91 Å². The van der Waals surface area contributed by atoms with Gasteiger partial charge in [-0.25, -0.2) is 9.78 Å². The van der Waals surface area contributed by atoms with E-state index in [1.54, 1.807) is 52.3 Å². The summed E-state index contributed by atoms with van der Waals surface area (Å²) in [6, 6.07) is 13.7. The first kappa shape index (κ1) is 25.6. The van der Waals surface area contributed by atoms with Gasteiger partial charge in [0.1, 0.15) is 5.75 Å². The van der Waals surface area contributed by atoms with E-state index in [2.05, 4.69) is 0 Å². The number of aromatic hydroxyl groups is 1. The Morgan fingerprint density at radius 1 is 1.15 bits per heavy atom. The van der Waals surface area contributed by atoms with Crippen LogP contribution in [-0.2, 0) is 4.74 Å². The van der Waals surface area contributed by atoms with Gasteiger partial charge in [-0.2, -0.15) is 13.5 Å². The molecule has 1 fully saturated rings. The molecule has 0 unspecified atom stereocenters. The Kier molecular flexibility index (Phi) is 8.28. The van der Waals surface area contributed by atoms with Crippen molar-refractivity contribution in [2.45, 2.75) is 26.3 Å². The summed E-state index contributed by atoms with van der Waals surface area (Å²) in [5.41, 5.74) is 2.60. The number of hydrogen-bond donors (Lipinski definition) is 1. The van der Waals surface area contributed by atoms with Crippen LogP contribution in [-0.4, -0.2) is 64.2 Å². The molecule has 2 amide bonds. The van der Waals surface area contributed by atoms with Crippen molar-refractivity contribution in [1.29, 1.82) is 0 Å². The summed E-state index contributed by atoms with van der Waals surface area (Å²) in [5.74, 6) is 0.0605. The Balaban J connectivity index is 0.00000324. The average molecular weight is 502 g/mol. The number of phenols is 1. The van der Waals surface area contributed by atoms with Crippen molar-refractivity contribution in [1.82, 2.24) is 14.8 Å². The van der Waals surface area contributed by atoms with Crippen LogP contribution in [0.1, 0.15) is 30.6 Å². The lowest BCUT2D eigenvalue weighted by Crippen LogP contribution is -2.55. The van der Waals surface area contributed by atoms with Crippen LogP contribution in [0.5, 0.6) is 5.75 Å². The molecule has 1 N–H and O–H groups in total. The minimum atomic E-state index is -0.331. The number of rotatable bonds is 4. The van der Waals surface area contributed by atoms with Crippen LogP contribution < -0.4 is 0 Å². The van der Waals surface area contributed by atoms with Gasteiger partial charge in [0.05, 0.1) is 22.8 Å². The maximum absolute atomic E-state index is 13.3. The molecule has 7 nitrogen and oxygen atoms in total. The van der Waals surface area contributed by atoms with Gasteiger partial charge in [0, 0.05) is 42.2 Å². The molecule has 4 rings (SSSR count). The summed E-state index contributed by atoms with van der Waals surface area (Å²) in [7, 11) is 0. The lowest BCUT2D eigenvalue weighted by Gasteiger charge is -2.39. The number of phenolic OH excluding ortho intramolecular Hbond substituents is 1. The van der Waals surface area contributed by atoms with Gasteiger partial charge in [0.2, 0.25) is 0 Å². The minimum Gasteiger partial charge on any atom is -0.508 e. The summed E-state index contributed by atoms with van der Waals surface area (Å²) in [6.07, 6.45) is 0.441. The molecule has 1 saturated heterocycles. The molecule has 0 bridgehead atoms. The highest BCUT2D eigenvalue weighted by molar-refractivity contribution is 7.59. The summed E-state index contributed by atoms with van der Waals surface area (Å²) >= 11 is 6.49. The predicted octanol–water partition coefficient (Wildman–Crippen LogP) is 5.07. The van der Waals surface area contributed by atoms with E-state index >= 15 is 0 Å². The molecule has 1 atom stereocenters. The van der Waals surface area contributed by atoms with Crippen molar-refractivity contribution in [2.75, 3.05) is 26.2 Å². The van der Waals surface area contributed by atoms with E-state index in [0.717, 1.165) is 17.4 Å². The Hall–Kier alpha value is -2.97. The third-order valence-electron chi connectivity index (χ3n) is 5.75. The Bertz CT molecular complexity index is 1190. The molecule has 1 aliphatic rings. The monoisotopic (exact) mass is 501 g/mol. The number of carbonyl (C=O) groups excluding carboxylic acids is 2. The fourth-order valence-electron chi connectivity index (χ4n) is 3.97. The second-order valence-corrected chi connectivity index (χ2v) is 8.58. The van der Waals surface area contributed by atoms with Crippen LogP contribution in [0.2, 0.25) is 5.02 Å². The van der Waals surface area contributed by atoms with Gasteiger partial charge < -0.3 is 19.6 Å². The lowest BCUT2D eigenvalue weighted by molar-refractivity contribution is 0.0414. The van der Waals surface area contributed by atoms with Crippen LogP contribution in [0.25, 0.3) is 22.2 Å². The quantitative estimate of drug-likeness (QED) is 0.540. The van der Waals surface area contributed by atoms with Gasteiger partial charge in [-0.15, -0.1) is 0 Å². The fraction of sp³-hybridized carbons (Fsp3) is 0.320. The van der Waals surface area contributed by atoms with E-state index in [0.29, 0.717) is 48.0 Å². The molecule has 9 heteroatoms. The highest BCUT2D eigenvalue weighted by Crippen LogP contribution is 2.30. The third kappa shape index (κ3) is 5.39. The fourth-order valence-corrected chi connectivity index (χ4v) is 4.23. The summed E-state index contributed by atoms with van der Waals surface area (Å²) < 4.78 is 5.22. The molecule has 2 aromatic carbocycles. The predicted molar refractivity (Wildman–Crippen MR) is 138 cm³/mol. The molecular formula is C25H28ClN3O4S. The molecule has 0 spiro atoms. The minimum absolute atomic E-state index is 0. The van der Waals surface area contributed by atoms with E-state index in [4.69, 9.17) is 21.3 Å². The van der Waals surface area contributed by atoms with E-state index in [-0.39, 0.29) is 37.3 Å². The van der Waals surface area contributed by atoms with Crippen molar-refractivity contribution in [3.8, 4) is 17.0 Å². The zero-order valence-electron chi connectivity index (χ0n) is 19.1. The number of fused-ring (bicyclic) bond motifs is 1. The second kappa shape index (κ2) is 11.0. The molecule has 3 aromatic rings. The van der Waals surface area contributed by atoms with E-state index in [1.807, 2.05) is 19.9 Å². The van der Waals surface area contributed by atoms with Gasteiger partial charge in [-0.3, -0.25) is 4.79 Å². The van der Waals surface area contributed by atoms with Crippen molar-refractivity contribution >= 4 is 48.0 Å². The summed E-state index contributed by atoms with van der Waals surface area (Å²) in [5, 5.41) is 10.8. The Morgan fingerprint density at radius 2 is 1.88 bits per heavy atom. The standard InChI is InChI=1S/C25H26ClN3O4.H2S/c1-3-12-33-25(32)28-10-11-29(16(2)15-28)24(31)18-6-9-20-21(26)14-22(27-23(20)13-18)17-4-7-19(30)8-5-17;/h4-9,13-14,16,30H,3,10-12,15H2,1-2H3;1H2/t16-;/m0./s1. The maximum Gasteiger partial charge on any atom is 0.409 e. The first-order valence-electron chi connectivity index (χ1n) is 11.0. The molecular weight excluding hydrogens is 474 g/mol. The van der Waals surface area contributed by atoms with E-state index < -0.39 is 0 Å². The molecule has 0 aliphatic carbocycles. The largest absolute Gasteiger partial charge is 0.508 e. The number of pyridine rings is 1. The van der Waals surface area contributed by atoms with Crippen LogP contribution in [0.4, 0.5) is 4.79 Å². The van der Waals surface area contributed by atoms with Crippen LogP contribution in [0.3, 0.4) is 0 Å². The molecule has 1 aromatic heterocycles. The number of benzene rings is 2. The van der Waals surface area contributed by atoms with E-state index in [1.165, 1.54) is 0 Å². The van der Waals surface area contributed by atoms with E-state index in [9.17, 15) is 14.7 Å². The first-order chi connectivity index (χ1) is 15.9. The number of aromatic nitrogens is 1. The van der Waals surface area contributed by atoms with Crippen molar-refractivity contribution in [3.63, 3.8) is 0 Å². The number of halogens is 1. The zero-order chi connectivity index (χ0) is 23.5. The summed E-state index contributed by atoms with van der Waals surface area (Å²) in [4.78, 5) is 33.6. The number of hydrogen-bond acceptors (Lipinski definition) is 5. The summed E-state index contributed by atoms with van der Waals surface area (Å²) in [6.45, 7) is 5.56. The highest BCUT2D eigenvalue weighted by Gasteiger charge is 2.31. The number of nitrogens with zero attached hydrogens (tertiary/aromatic N) is 3. The highest BCUT2D eigenvalue weighted by atomic mass is 35.5. The molecule has 0 radical (unpaired) electrons. The molecule has 34 heavy (non-hydrogen) atoms. The van der Waals surface area contributed by atoms with Gasteiger partial charge in [-0.05, 0) is 55.8 Å². The Morgan fingerprint density at radius 3 is 2.56 bits per heavy atom. The third-order valence-corrected chi connectivity index (χ3v) is 6.06. The smallest absolute Gasteiger partial charge is 0.409 e. The topological polar surface area (TPSA) is 83.0 Å². The SMILES string of the molecule is CCCOC(=O)N1CCN(C(=O)c2ccc3c(Cl)cc(-c4ccc(O)cc4)nc3c2)[C@@H](C)C1.S. The van der Waals surface area contributed by atoms with Crippen LogP contribution >= 0.6 is 25.1 Å². The Labute approximate surface area is 210 Å². The number of carbonyl (C=O) groups is 2. The lowest BCUT2D eigenvalue weighted by atomic mass is 10.1. The average Bonchev–Trinajstić information content (AvgIpc) is 2.82. The number of amides is 2. The first-order valence-corrected chi connectivity index (χ1v) is 11.4. The zero-order valence-corrected chi connectivity index (χ0v) is 20.9. The van der Waals surface area contributed by atoms with Gasteiger partial charge in [0.15, 0.2) is 0 Å². The van der Waals surface area contributed by atoms with Gasteiger partial charge in [-0.1, -0.05) is 24.6 Å². The molecule has 0 saturated carbocycles. The molecule has 180 valence electrons. The number of ether oxygens (including phenoxy) is 1. The normalized spacial score (nSPS) is 15.7. The van der Waals surface area contributed by atoms with Crippen LogP contribution in [0, 0.1) is 0 Å². The van der Waals surface area contributed by atoms with Crippen molar-refractivity contribution < 1.29 is 19.4 Å². The maximum atomic E-state index is 13.3. The molecule has 1 aliphatic heterocycles. The van der Waals surface area contributed by atoms with Crippen molar-refractivity contribution in [3.05, 3.63) is 59.1 Å².